The van der Waals surface area contributed by atoms with Gasteiger partial charge in [-0.05, 0) is 74.9 Å². The average Bonchev–Trinajstić information content (AvgIpc) is 2.98. The predicted octanol–water partition coefficient (Wildman–Crippen LogP) is 4.97. The predicted molar refractivity (Wildman–Crippen MR) is 100 cm³/mol. The third kappa shape index (κ3) is 3.40. The lowest BCUT2D eigenvalue weighted by Gasteiger charge is -2.21. The van der Waals surface area contributed by atoms with Gasteiger partial charge in [-0.15, -0.1) is 0 Å². The van der Waals surface area contributed by atoms with Gasteiger partial charge in [0.1, 0.15) is 11.4 Å². The molecule has 0 atom stereocenters. The van der Waals surface area contributed by atoms with Gasteiger partial charge >= 0.3 is 6.09 Å². The van der Waals surface area contributed by atoms with Crippen LogP contribution in [-0.2, 0) is 4.74 Å². The molecule has 0 saturated carbocycles. The number of benzene rings is 2. The van der Waals surface area contributed by atoms with Crippen molar-refractivity contribution < 1.29 is 14.3 Å². The molecule has 0 radical (unpaired) electrons. The van der Waals surface area contributed by atoms with Crippen molar-refractivity contribution in [1.29, 1.82) is 5.26 Å². The maximum absolute atomic E-state index is 12.9. The topological polar surface area (TPSA) is 64.2 Å². The normalized spacial score (nSPS) is 11.2. The van der Waals surface area contributed by atoms with Crippen LogP contribution in [0.4, 0.5) is 4.79 Å². The van der Waals surface area contributed by atoms with Crippen LogP contribution in [0.3, 0.4) is 0 Å². The largest absolute Gasteiger partial charge is 0.497 e. The molecule has 0 saturated heterocycles. The number of hydrogen-bond acceptors (Lipinski definition) is 4. The van der Waals surface area contributed by atoms with Crippen molar-refractivity contribution in [3.05, 3.63) is 54.1 Å². The van der Waals surface area contributed by atoms with Crippen LogP contribution in [0.1, 0.15) is 26.3 Å². The van der Waals surface area contributed by atoms with E-state index in [4.69, 9.17) is 14.7 Å². The van der Waals surface area contributed by atoms with E-state index in [0.717, 1.165) is 16.7 Å². The van der Waals surface area contributed by atoms with Gasteiger partial charge in [-0.25, -0.2) is 9.36 Å². The number of rotatable bonds is 2. The van der Waals surface area contributed by atoms with E-state index in [2.05, 4.69) is 6.07 Å². The van der Waals surface area contributed by atoms with E-state index in [9.17, 15) is 4.79 Å². The zero-order chi connectivity index (χ0) is 18.9. The molecule has 0 aliphatic heterocycles. The molecule has 26 heavy (non-hydrogen) atoms. The van der Waals surface area contributed by atoms with E-state index in [0.29, 0.717) is 16.8 Å². The van der Waals surface area contributed by atoms with E-state index in [1.54, 1.807) is 29.9 Å². The summed E-state index contributed by atoms with van der Waals surface area (Å²) in [6, 6.07) is 16.7. The summed E-state index contributed by atoms with van der Waals surface area (Å²) in [5.41, 5.74) is 2.18. The zero-order valence-corrected chi connectivity index (χ0v) is 15.2. The minimum Gasteiger partial charge on any atom is -0.497 e. The summed E-state index contributed by atoms with van der Waals surface area (Å²) in [5.74, 6) is 0.737. The molecule has 5 nitrogen and oxygen atoms in total. The molecule has 1 heterocycles. The van der Waals surface area contributed by atoms with Crippen LogP contribution in [-0.4, -0.2) is 23.4 Å². The molecule has 0 N–H and O–H groups in total. The van der Waals surface area contributed by atoms with Gasteiger partial charge in [-0.3, -0.25) is 0 Å². The Morgan fingerprint density at radius 2 is 1.77 bits per heavy atom. The van der Waals surface area contributed by atoms with Gasteiger partial charge in [0.15, 0.2) is 0 Å². The summed E-state index contributed by atoms with van der Waals surface area (Å²) in [6.07, 6.45) is -0.456. The fraction of sp³-hybridized carbons (Fsp3) is 0.238. The van der Waals surface area contributed by atoms with Crippen molar-refractivity contribution in [3.63, 3.8) is 0 Å². The molecule has 3 aromatic rings. The molecule has 0 aliphatic carbocycles. The third-order valence-corrected chi connectivity index (χ3v) is 3.89. The number of aromatic nitrogens is 1. The Hall–Kier alpha value is -3.26. The van der Waals surface area contributed by atoms with Crippen LogP contribution in [0.2, 0.25) is 0 Å². The van der Waals surface area contributed by atoms with Crippen molar-refractivity contribution in [3.8, 4) is 23.1 Å². The van der Waals surface area contributed by atoms with Gasteiger partial charge in [0.25, 0.3) is 0 Å². The van der Waals surface area contributed by atoms with E-state index in [1.165, 1.54) is 0 Å². The SMILES string of the molecule is COc1ccc(-c2cc3cc(C#N)ccc3n2C(=O)OC(C)(C)C)cc1. The maximum Gasteiger partial charge on any atom is 0.419 e. The number of methoxy groups -OCH3 is 1. The zero-order valence-electron chi connectivity index (χ0n) is 15.2. The van der Waals surface area contributed by atoms with E-state index >= 15 is 0 Å². The molecule has 0 unspecified atom stereocenters. The summed E-state index contributed by atoms with van der Waals surface area (Å²) in [7, 11) is 1.61. The lowest BCUT2D eigenvalue weighted by molar-refractivity contribution is 0.0547. The minimum absolute atomic E-state index is 0.456. The molecule has 0 aliphatic rings. The first kappa shape index (κ1) is 17.6. The molecule has 2 aromatic carbocycles. The molecule has 3 rings (SSSR count). The van der Waals surface area contributed by atoms with Crippen molar-refractivity contribution in [2.24, 2.45) is 0 Å². The fourth-order valence-corrected chi connectivity index (χ4v) is 2.76. The van der Waals surface area contributed by atoms with Crippen LogP contribution >= 0.6 is 0 Å². The first-order valence-electron chi connectivity index (χ1n) is 8.26. The van der Waals surface area contributed by atoms with Crippen LogP contribution in [0.5, 0.6) is 5.75 Å². The summed E-state index contributed by atoms with van der Waals surface area (Å²) in [5, 5.41) is 9.95. The molecule has 5 heteroatoms. The molecule has 0 bridgehead atoms. The van der Waals surface area contributed by atoms with Crippen molar-refractivity contribution in [2.75, 3.05) is 7.11 Å². The fourth-order valence-electron chi connectivity index (χ4n) is 2.76. The number of fused-ring (bicyclic) bond motifs is 1. The molecule has 132 valence electrons. The molecule has 0 spiro atoms. The Balaban J connectivity index is 2.20. The second-order valence-electron chi connectivity index (χ2n) is 6.96. The highest BCUT2D eigenvalue weighted by molar-refractivity contribution is 5.96. The number of nitrogens with zero attached hydrogens (tertiary/aromatic N) is 2. The Bertz CT molecular complexity index is 1000. The number of ether oxygens (including phenoxy) is 2. The Kier molecular flexibility index (Phi) is 4.43. The first-order chi connectivity index (χ1) is 12.3. The Morgan fingerprint density at radius 1 is 1.08 bits per heavy atom. The Labute approximate surface area is 152 Å². The van der Waals surface area contributed by atoms with E-state index in [1.807, 2.05) is 51.1 Å². The summed E-state index contributed by atoms with van der Waals surface area (Å²) in [6.45, 7) is 5.49. The molecular formula is C21H20N2O3. The number of hydrogen-bond donors (Lipinski definition) is 0. The summed E-state index contributed by atoms with van der Waals surface area (Å²) in [4.78, 5) is 12.9. The number of carbonyl (C=O) groups excluding carboxylic acids is 1. The van der Waals surface area contributed by atoms with Crippen molar-refractivity contribution >= 4 is 17.0 Å². The molecule has 0 amide bonds. The highest BCUT2D eigenvalue weighted by Gasteiger charge is 2.23. The number of nitriles is 1. The van der Waals surface area contributed by atoms with Gasteiger partial charge in [0.05, 0.1) is 30.0 Å². The van der Waals surface area contributed by atoms with Crippen LogP contribution in [0.25, 0.3) is 22.2 Å². The highest BCUT2D eigenvalue weighted by atomic mass is 16.6. The van der Waals surface area contributed by atoms with E-state index in [-0.39, 0.29) is 0 Å². The van der Waals surface area contributed by atoms with Gasteiger partial charge in [-0.1, -0.05) is 0 Å². The highest BCUT2D eigenvalue weighted by Crippen LogP contribution is 2.31. The van der Waals surface area contributed by atoms with Gasteiger partial charge in [-0.2, -0.15) is 5.26 Å². The average molecular weight is 348 g/mol. The van der Waals surface area contributed by atoms with Crippen LogP contribution < -0.4 is 4.74 Å². The van der Waals surface area contributed by atoms with Gasteiger partial charge in [0.2, 0.25) is 0 Å². The lowest BCUT2D eigenvalue weighted by Crippen LogP contribution is -2.27. The molecule has 0 fully saturated rings. The van der Waals surface area contributed by atoms with Crippen LogP contribution in [0.15, 0.2) is 48.5 Å². The van der Waals surface area contributed by atoms with Crippen molar-refractivity contribution in [1.82, 2.24) is 4.57 Å². The minimum atomic E-state index is -0.614. The number of carbonyl (C=O) groups is 1. The maximum atomic E-state index is 12.9. The van der Waals surface area contributed by atoms with Crippen molar-refractivity contribution in [2.45, 2.75) is 26.4 Å². The van der Waals surface area contributed by atoms with Gasteiger partial charge in [0, 0.05) is 5.39 Å². The van der Waals surface area contributed by atoms with E-state index < -0.39 is 11.7 Å². The van der Waals surface area contributed by atoms with Gasteiger partial charge < -0.3 is 9.47 Å². The molecular weight excluding hydrogens is 328 g/mol. The summed E-state index contributed by atoms with van der Waals surface area (Å²) >= 11 is 0. The standard InChI is InChI=1S/C21H20N2O3/c1-21(2,3)26-20(24)23-18-10-5-14(13-22)11-16(18)12-19(23)15-6-8-17(25-4)9-7-15/h5-12H,1-4H3. The molecule has 1 aromatic heterocycles. The second kappa shape index (κ2) is 6.57. The monoisotopic (exact) mass is 348 g/mol. The summed E-state index contributed by atoms with van der Waals surface area (Å²) < 4.78 is 12.3. The Morgan fingerprint density at radius 3 is 2.35 bits per heavy atom. The third-order valence-electron chi connectivity index (χ3n) is 3.89. The quantitative estimate of drug-likeness (QED) is 0.656. The second-order valence-corrected chi connectivity index (χ2v) is 6.96. The van der Waals surface area contributed by atoms with Crippen LogP contribution in [0, 0.1) is 11.3 Å². The first-order valence-corrected chi connectivity index (χ1v) is 8.26. The smallest absolute Gasteiger partial charge is 0.419 e. The lowest BCUT2D eigenvalue weighted by atomic mass is 10.1.